The van der Waals surface area contributed by atoms with Crippen LogP contribution in [0.4, 0.5) is 17.5 Å². The lowest BCUT2D eigenvalue weighted by Gasteiger charge is -2.11. The number of rotatable bonds is 5. The summed E-state index contributed by atoms with van der Waals surface area (Å²) in [6.07, 6.45) is 1.09. The molecule has 1 unspecified atom stereocenters. The molecule has 3 rings (SSSR count). The van der Waals surface area contributed by atoms with Crippen LogP contribution in [0, 0.1) is 17.0 Å². The Balaban J connectivity index is 1.81. The third kappa shape index (κ3) is 3.73. The Kier molecular flexibility index (Phi) is 5.01. The van der Waals surface area contributed by atoms with Crippen molar-refractivity contribution in [3.8, 4) is 11.3 Å². The quantitative estimate of drug-likeness (QED) is 0.494. The van der Waals surface area contributed by atoms with Gasteiger partial charge in [0.2, 0.25) is 11.8 Å². The van der Waals surface area contributed by atoms with Gasteiger partial charge >= 0.3 is 5.69 Å². The SMILES string of the molecule is Cc1sc(C(C)Nc2ncc([N+](=O)[O-])c(N)n2)nc1-c1ccc(Cl)cc1. The van der Waals surface area contributed by atoms with Crippen LogP contribution in [0.1, 0.15) is 22.9 Å². The summed E-state index contributed by atoms with van der Waals surface area (Å²) in [5.41, 5.74) is 7.15. The standard InChI is InChI=1S/C16H15ClN6O2S/c1-8(20-16-19-7-12(23(24)25)14(18)22-16)15-21-13(9(2)26-15)10-3-5-11(17)6-4-10/h3-8H,1-2H3,(H3,18,19,20,22). The lowest BCUT2D eigenvalue weighted by Crippen LogP contribution is -2.11. The summed E-state index contributed by atoms with van der Waals surface area (Å²) in [4.78, 5) is 23.8. The molecule has 1 aromatic carbocycles. The van der Waals surface area contributed by atoms with Crippen LogP contribution < -0.4 is 11.1 Å². The Morgan fingerprint density at radius 2 is 2.00 bits per heavy atom. The number of halogens is 1. The monoisotopic (exact) mass is 390 g/mol. The number of hydrogen-bond acceptors (Lipinski definition) is 8. The predicted octanol–water partition coefficient (Wildman–Crippen LogP) is 4.23. The molecule has 0 fully saturated rings. The van der Waals surface area contributed by atoms with Crippen molar-refractivity contribution < 1.29 is 4.92 Å². The van der Waals surface area contributed by atoms with E-state index in [-0.39, 0.29) is 23.5 Å². The van der Waals surface area contributed by atoms with Gasteiger partial charge < -0.3 is 11.1 Å². The van der Waals surface area contributed by atoms with E-state index in [0.717, 1.165) is 27.3 Å². The first-order valence-electron chi connectivity index (χ1n) is 7.62. The molecule has 3 aromatic rings. The fourth-order valence-electron chi connectivity index (χ4n) is 2.33. The van der Waals surface area contributed by atoms with Crippen LogP contribution in [0.3, 0.4) is 0 Å². The molecule has 0 amide bonds. The summed E-state index contributed by atoms with van der Waals surface area (Å²) in [6, 6.07) is 7.30. The number of benzene rings is 1. The van der Waals surface area contributed by atoms with Gasteiger partial charge in [-0.05, 0) is 26.0 Å². The average molecular weight is 391 g/mol. The first-order valence-corrected chi connectivity index (χ1v) is 8.81. The van der Waals surface area contributed by atoms with Crippen molar-refractivity contribution in [1.82, 2.24) is 15.0 Å². The van der Waals surface area contributed by atoms with Crippen molar-refractivity contribution in [2.24, 2.45) is 0 Å². The first-order chi connectivity index (χ1) is 12.3. The minimum atomic E-state index is -0.620. The van der Waals surface area contributed by atoms with E-state index in [0.29, 0.717) is 5.02 Å². The highest BCUT2D eigenvalue weighted by Gasteiger charge is 2.18. The Morgan fingerprint density at radius 1 is 1.31 bits per heavy atom. The van der Waals surface area contributed by atoms with E-state index in [1.807, 2.05) is 38.1 Å². The minimum Gasteiger partial charge on any atom is -0.378 e. The van der Waals surface area contributed by atoms with Crippen LogP contribution in [0.5, 0.6) is 0 Å². The molecule has 0 saturated carbocycles. The number of nitrogen functional groups attached to an aromatic ring is 1. The average Bonchev–Trinajstić information content (AvgIpc) is 2.97. The van der Waals surface area contributed by atoms with Crippen molar-refractivity contribution in [3.05, 3.63) is 55.5 Å². The summed E-state index contributed by atoms with van der Waals surface area (Å²) < 4.78 is 0. The number of hydrogen-bond donors (Lipinski definition) is 2. The van der Waals surface area contributed by atoms with Crippen LogP contribution in [-0.2, 0) is 0 Å². The highest BCUT2D eigenvalue weighted by atomic mass is 35.5. The van der Waals surface area contributed by atoms with E-state index in [2.05, 4.69) is 15.3 Å². The smallest absolute Gasteiger partial charge is 0.329 e. The van der Waals surface area contributed by atoms with Gasteiger partial charge in [0.25, 0.3) is 0 Å². The summed E-state index contributed by atoms with van der Waals surface area (Å²) in [5.74, 6) is 0.0263. The van der Waals surface area contributed by atoms with E-state index in [9.17, 15) is 10.1 Å². The molecule has 0 aliphatic rings. The maximum atomic E-state index is 10.8. The van der Waals surface area contributed by atoms with Gasteiger partial charge in [0.15, 0.2) is 0 Å². The summed E-state index contributed by atoms with van der Waals surface area (Å²) >= 11 is 7.49. The van der Waals surface area contributed by atoms with Gasteiger partial charge in [0.05, 0.1) is 16.7 Å². The Hall–Kier alpha value is -2.78. The number of nitrogens with two attached hydrogens (primary N) is 1. The molecule has 1 atom stereocenters. The summed E-state index contributed by atoms with van der Waals surface area (Å²) in [6.45, 7) is 3.91. The molecule has 26 heavy (non-hydrogen) atoms. The van der Waals surface area contributed by atoms with Crippen molar-refractivity contribution in [2.75, 3.05) is 11.1 Å². The normalized spacial score (nSPS) is 12.0. The highest BCUT2D eigenvalue weighted by Crippen LogP contribution is 2.32. The largest absolute Gasteiger partial charge is 0.378 e. The number of nitrogens with one attached hydrogen (secondary N) is 1. The third-order valence-corrected chi connectivity index (χ3v) is 5.05. The van der Waals surface area contributed by atoms with Crippen LogP contribution in [0.25, 0.3) is 11.3 Å². The number of aromatic nitrogens is 3. The van der Waals surface area contributed by atoms with E-state index < -0.39 is 4.92 Å². The second-order valence-electron chi connectivity index (χ2n) is 5.55. The minimum absolute atomic E-state index is 0.183. The maximum absolute atomic E-state index is 10.8. The van der Waals surface area contributed by atoms with Crippen molar-refractivity contribution in [3.63, 3.8) is 0 Å². The zero-order chi connectivity index (χ0) is 18.8. The van der Waals surface area contributed by atoms with Crippen LogP contribution in [0.2, 0.25) is 5.02 Å². The summed E-state index contributed by atoms with van der Waals surface area (Å²) in [7, 11) is 0. The van der Waals surface area contributed by atoms with Crippen molar-refractivity contribution in [1.29, 1.82) is 0 Å². The topological polar surface area (TPSA) is 120 Å². The summed E-state index contributed by atoms with van der Waals surface area (Å²) in [5, 5.41) is 15.4. The molecular formula is C16H15ClN6O2S. The maximum Gasteiger partial charge on any atom is 0.329 e. The first kappa shape index (κ1) is 18.0. The third-order valence-electron chi connectivity index (χ3n) is 3.64. The van der Waals surface area contributed by atoms with Crippen LogP contribution >= 0.6 is 22.9 Å². The molecule has 2 heterocycles. The van der Waals surface area contributed by atoms with Gasteiger partial charge in [-0.2, -0.15) is 4.98 Å². The molecule has 0 aliphatic heterocycles. The number of nitrogens with zero attached hydrogens (tertiary/aromatic N) is 4. The van der Waals surface area contributed by atoms with Gasteiger partial charge in [-0.1, -0.05) is 23.7 Å². The number of anilines is 2. The molecule has 0 aliphatic carbocycles. The second kappa shape index (κ2) is 7.22. The Bertz CT molecular complexity index is 960. The fourth-order valence-corrected chi connectivity index (χ4v) is 3.40. The van der Waals surface area contributed by atoms with Gasteiger partial charge in [-0.15, -0.1) is 11.3 Å². The molecule has 8 nitrogen and oxygen atoms in total. The lowest BCUT2D eigenvalue weighted by atomic mass is 10.1. The zero-order valence-electron chi connectivity index (χ0n) is 13.9. The molecule has 3 N–H and O–H groups in total. The van der Waals surface area contributed by atoms with E-state index in [1.54, 1.807) is 11.3 Å². The highest BCUT2D eigenvalue weighted by molar-refractivity contribution is 7.12. The molecular weight excluding hydrogens is 376 g/mol. The van der Waals surface area contributed by atoms with E-state index in [4.69, 9.17) is 22.3 Å². The lowest BCUT2D eigenvalue weighted by molar-refractivity contribution is -0.384. The molecule has 0 spiro atoms. The second-order valence-corrected chi connectivity index (χ2v) is 7.22. The Morgan fingerprint density at radius 3 is 2.62 bits per heavy atom. The van der Waals surface area contributed by atoms with Gasteiger partial charge in [0.1, 0.15) is 11.2 Å². The molecule has 0 radical (unpaired) electrons. The Labute approximate surface area is 158 Å². The fraction of sp³-hybridized carbons (Fsp3) is 0.188. The van der Waals surface area contributed by atoms with Crippen molar-refractivity contribution >= 4 is 40.4 Å². The predicted molar refractivity (Wildman–Crippen MR) is 102 cm³/mol. The number of aryl methyl sites for hydroxylation is 1. The molecule has 0 bridgehead atoms. The molecule has 0 saturated heterocycles. The van der Waals surface area contributed by atoms with Crippen molar-refractivity contribution in [2.45, 2.75) is 19.9 Å². The van der Waals surface area contributed by atoms with Gasteiger partial charge in [-0.25, -0.2) is 9.97 Å². The zero-order valence-corrected chi connectivity index (χ0v) is 15.5. The number of nitro groups is 1. The molecule has 2 aromatic heterocycles. The number of thiazole rings is 1. The van der Waals surface area contributed by atoms with Crippen LogP contribution in [0.15, 0.2) is 30.5 Å². The van der Waals surface area contributed by atoms with Gasteiger partial charge in [0, 0.05) is 15.5 Å². The molecule has 134 valence electrons. The van der Waals surface area contributed by atoms with Gasteiger partial charge in [-0.3, -0.25) is 10.1 Å². The van der Waals surface area contributed by atoms with Crippen LogP contribution in [-0.4, -0.2) is 19.9 Å². The molecule has 10 heteroatoms. The van der Waals surface area contributed by atoms with E-state index >= 15 is 0 Å². The van der Waals surface area contributed by atoms with E-state index in [1.165, 1.54) is 0 Å².